The normalized spacial score (nSPS) is 44.0. The maximum Gasteiger partial charge on any atom is 0.306 e. The number of aliphatic carboxylic acids is 1. The number of esters is 1. The van der Waals surface area contributed by atoms with Crippen LogP contribution in [0.1, 0.15) is 139 Å². The van der Waals surface area contributed by atoms with Crippen molar-refractivity contribution in [1.29, 1.82) is 0 Å². The molecule has 0 aliphatic heterocycles. The number of carboxylic acids is 1. The van der Waals surface area contributed by atoms with Gasteiger partial charge in [-0.2, -0.15) is 0 Å². The standard InChI is InChI=1S/C37H60O5/c1-31(2)16-18-37(23-38)19-17-35(8)24(25(37)20-31)10-11-27-34(7)14-13-28(33(5,6)26(34)12-15-36(27,35)9)42-30(41)22-32(3,4)21-29(39)40/h10,25-28,38H,11-23H2,1-9H3,(H,39,40)/t25-,26-,27?,28?,34?,35+,36?,37?/m0/s1. The van der Waals surface area contributed by atoms with Crippen molar-refractivity contribution >= 4 is 11.9 Å². The number of hydrogen-bond acceptors (Lipinski definition) is 4. The quantitative estimate of drug-likeness (QED) is 0.241. The van der Waals surface area contributed by atoms with Gasteiger partial charge in [0.15, 0.2) is 0 Å². The molecule has 0 aromatic carbocycles. The number of carbonyl (C=O) groups is 2. The third-order valence-electron chi connectivity index (χ3n) is 14.6. The van der Waals surface area contributed by atoms with Gasteiger partial charge in [0.05, 0.1) is 12.8 Å². The lowest BCUT2D eigenvalue weighted by atomic mass is 9.33. The molecule has 0 heterocycles. The van der Waals surface area contributed by atoms with Crippen LogP contribution in [0.25, 0.3) is 0 Å². The minimum Gasteiger partial charge on any atom is -0.481 e. The van der Waals surface area contributed by atoms with Crippen molar-refractivity contribution in [2.24, 2.45) is 55.7 Å². The lowest BCUT2D eigenvalue weighted by Gasteiger charge is -2.71. The molecular formula is C37H60O5. The van der Waals surface area contributed by atoms with Crippen LogP contribution in [0, 0.1) is 55.7 Å². The molecule has 42 heavy (non-hydrogen) atoms. The van der Waals surface area contributed by atoms with Gasteiger partial charge in [0.25, 0.3) is 0 Å². The van der Waals surface area contributed by atoms with Crippen molar-refractivity contribution in [1.82, 2.24) is 0 Å². The Morgan fingerprint density at radius 3 is 2.21 bits per heavy atom. The van der Waals surface area contributed by atoms with Gasteiger partial charge in [-0.05, 0) is 109 Å². The van der Waals surface area contributed by atoms with Gasteiger partial charge >= 0.3 is 11.9 Å². The second kappa shape index (κ2) is 10.1. The van der Waals surface area contributed by atoms with E-state index in [0.29, 0.717) is 29.8 Å². The number of fused-ring (bicyclic) bond motifs is 7. The molecular weight excluding hydrogens is 524 g/mol. The molecule has 5 aliphatic rings. The molecule has 0 saturated heterocycles. The summed E-state index contributed by atoms with van der Waals surface area (Å²) >= 11 is 0. The highest BCUT2D eigenvalue weighted by Gasteiger charge is 2.68. The third kappa shape index (κ3) is 4.81. The number of ether oxygens (including phenoxy) is 1. The summed E-state index contributed by atoms with van der Waals surface area (Å²) in [5.74, 6) is 0.407. The first-order valence-electron chi connectivity index (χ1n) is 17.0. The SMILES string of the molecule is CC(C)(CC(=O)O)CC(=O)OC1CCC2(C)C3CC=C4[C@@H]5CC(C)(C)CCC5(CO)CC[C@@]4(C)C3(C)CC[C@H]2C1(C)C. The molecule has 5 heteroatoms. The summed E-state index contributed by atoms with van der Waals surface area (Å²) in [6.07, 6.45) is 13.9. The first kappa shape index (κ1) is 32.0. The van der Waals surface area contributed by atoms with Crippen molar-refractivity contribution in [2.45, 2.75) is 145 Å². The molecule has 2 N–H and O–H groups in total. The molecule has 0 bridgehead atoms. The Morgan fingerprint density at radius 2 is 1.57 bits per heavy atom. The number of allylic oxidation sites excluding steroid dienone is 2. The van der Waals surface area contributed by atoms with Crippen molar-refractivity contribution in [3.63, 3.8) is 0 Å². The van der Waals surface area contributed by atoms with Crippen LogP contribution in [-0.2, 0) is 14.3 Å². The van der Waals surface area contributed by atoms with Gasteiger partial charge in [0.2, 0.25) is 0 Å². The Bertz CT molecular complexity index is 1130. The van der Waals surface area contributed by atoms with Crippen LogP contribution in [0.5, 0.6) is 0 Å². The average Bonchev–Trinajstić information content (AvgIpc) is 2.85. The van der Waals surface area contributed by atoms with Gasteiger partial charge in [0, 0.05) is 17.4 Å². The first-order chi connectivity index (χ1) is 19.3. The van der Waals surface area contributed by atoms with Crippen LogP contribution in [-0.4, -0.2) is 34.9 Å². The highest BCUT2D eigenvalue weighted by molar-refractivity contribution is 5.73. The van der Waals surface area contributed by atoms with Gasteiger partial charge in [-0.25, -0.2) is 0 Å². The smallest absolute Gasteiger partial charge is 0.306 e. The van der Waals surface area contributed by atoms with E-state index >= 15 is 0 Å². The minimum atomic E-state index is -0.877. The van der Waals surface area contributed by atoms with E-state index in [1.165, 1.54) is 25.7 Å². The minimum absolute atomic E-state index is 0.0385. The molecule has 5 rings (SSSR count). The zero-order valence-corrected chi connectivity index (χ0v) is 28.2. The summed E-state index contributed by atoms with van der Waals surface area (Å²) in [6, 6.07) is 0. The van der Waals surface area contributed by atoms with E-state index in [1.807, 2.05) is 13.8 Å². The Balaban J connectivity index is 1.41. The molecule has 0 aromatic rings. The maximum atomic E-state index is 13.1. The highest BCUT2D eigenvalue weighted by Crippen LogP contribution is 2.75. The zero-order valence-electron chi connectivity index (χ0n) is 28.2. The van der Waals surface area contributed by atoms with Gasteiger partial charge in [-0.15, -0.1) is 0 Å². The number of aliphatic hydroxyl groups is 1. The number of hydrogen-bond donors (Lipinski definition) is 2. The van der Waals surface area contributed by atoms with Crippen LogP contribution < -0.4 is 0 Å². The predicted molar refractivity (Wildman–Crippen MR) is 167 cm³/mol. The summed E-state index contributed by atoms with van der Waals surface area (Å²) < 4.78 is 6.22. The van der Waals surface area contributed by atoms with Crippen LogP contribution in [0.15, 0.2) is 11.6 Å². The molecule has 5 aliphatic carbocycles. The van der Waals surface area contributed by atoms with E-state index in [1.54, 1.807) is 5.57 Å². The fourth-order valence-corrected chi connectivity index (χ4v) is 11.9. The summed E-state index contributed by atoms with van der Waals surface area (Å²) in [5.41, 5.74) is 1.85. The lowest BCUT2D eigenvalue weighted by molar-refractivity contribution is -0.214. The maximum absolute atomic E-state index is 13.1. The molecule has 5 unspecified atom stereocenters. The number of carboxylic acid groups (broad SMARTS) is 1. The number of carbonyl (C=O) groups excluding carboxylic acids is 1. The third-order valence-corrected chi connectivity index (χ3v) is 14.6. The highest BCUT2D eigenvalue weighted by atomic mass is 16.5. The van der Waals surface area contributed by atoms with E-state index in [0.717, 1.165) is 38.5 Å². The summed E-state index contributed by atoms with van der Waals surface area (Å²) in [7, 11) is 0. The fraction of sp³-hybridized carbons (Fsp3) is 0.892. The molecule has 4 fully saturated rings. The van der Waals surface area contributed by atoms with Crippen molar-refractivity contribution in [2.75, 3.05) is 6.61 Å². The van der Waals surface area contributed by atoms with E-state index in [-0.39, 0.29) is 52.0 Å². The number of aliphatic hydroxyl groups excluding tert-OH is 1. The molecule has 0 spiro atoms. The summed E-state index contributed by atoms with van der Waals surface area (Å²) in [5, 5.41) is 20.0. The summed E-state index contributed by atoms with van der Waals surface area (Å²) in [4.78, 5) is 24.4. The molecule has 0 aromatic heterocycles. The molecule has 8 atom stereocenters. The van der Waals surface area contributed by atoms with E-state index in [4.69, 9.17) is 4.74 Å². The Hall–Kier alpha value is -1.36. The van der Waals surface area contributed by atoms with Gasteiger partial charge in [0.1, 0.15) is 6.10 Å². The van der Waals surface area contributed by atoms with Crippen molar-refractivity contribution in [3.8, 4) is 0 Å². The molecule has 5 nitrogen and oxygen atoms in total. The Morgan fingerprint density at radius 1 is 0.905 bits per heavy atom. The Kier molecular flexibility index (Phi) is 7.69. The summed E-state index contributed by atoms with van der Waals surface area (Å²) in [6.45, 7) is 21.3. The monoisotopic (exact) mass is 584 g/mol. The molecule has 4 saturated carbocycles. The largest absolute Gasteiger partial charge is 0.481 e. The van der Waals surface area contributed by atoms with Gasteiger partial charge in [-0.1, -0.05) is 74.0 Å². The van der Waals surface area contributed by atoms with Crippen LogP contribution in [0.4, 0.5) is 0 Å². The first-order valence-corrected chi connectivity index (χ1v) is 17.0. The van der Waals surface area contributed by atoms with Crippen molar-refractivity contribution < 1.29 is 24.5 Å². The van der Waals surface area contributed by atoms with Crippen LogP contribution >= 0.6 is 0 Å². The fourth-order valence-electron chi connectivity index (χ4n) is 11.9. The Labute approximate surface area is 255 Å². The lowest BCUT2D eigenvalue weighted by Crippen LogP contribution is -2.65. The topological polar surface area (TPSA) is 83.8 Å². The van der Waals surface area contributed by atoms with E-state index in [9.17, 15) is 19.8 Å². The van der Waals surface area contributed by atoms with Crippen LogP contribution in [0.3, 0.4) is 0 Å². The molecule has 238 valence electrons. The van der Waals surface area contributed by atoms with E-state index < -0.39 is 11.4 Å². The zero-order chi connectivity index (χ0) is 31.1. The number of rotatable bonds is 6. The van der Waals surface area contributed by atoms with Gasteiger partial charge in [-0.3, -0.25) is 9.59 Å². The average molecular weight is 585 g/mol. The van der Waals surface area contributed by atoms with E-state index in [2.05, 4.69) is 54.5 Å². The second-order valence-corrected chi connectivity index (χ2v) is 18.5. The van der Waals surface area contributed by atoms with Gasteiger partial charge < -0.3 is 14.9 Å². The van der Waals surface area contributed by atoms with Crippen molar-refractivity contribution in [3.05, 3.63) is 11.6 Å². The molecule has 0 amide bonds. The van der Waals surface area contributed by atoms with Crippen LogP contribution in [0.2, 0.25) is 0 Å². The second-order valence-electron chi connectivity index (χ2n) is 18.5. The molecule has 0 radical (unpaired) electrons. The predicted octanol–water partition coefficient (Wildman–Crippen LogP) is 8.58.